The fraction of sp³-hybridized carbons (Fsp3) is 0.529. The minimum atomic E-state index is -1.15. The molecule has 2 unspecified atom stereocenters. The average molecular weight is 363 g/mol. The number of guanidine groups is 2. The first-order valence-corrected chi connectivity index (χ1v) is 8.78. The largest absolute Gasteiger partial charge is 0.494 e. The summed E-state index contributed by atoms with van der Waals surface area (Å²) < 4.78 is 18.8. The summed E-state index contributed by atoms with van der Waals surface area (Å²) in [5.41, 5.74) is 12.8. The number of hydrogen-bond donors (Lipinski definition) is 4. The van der Waals surface area contributed by atoms with E-state index in [-0.39, 0.29) is 11.7 Å². The number of nitrogens with two attached hydrogens (primary N) is 2. The number of nitrogens with zero attached hydrogens (tertiary/aromatic N) is 3. The molecule has 2 heterocycles. The standard InChI is InChI=1S/C17H26FN7O/c1-3-25-8-4-5-12(25)10-17(20)23-15(19)22-16(24-17)21-11-6-7-14(26-2)13(18)9-11/h6-7,9,12H,3-5,8,10,20H2,1-2H3,(H4,19,21,22,23,24). The van der Waals surface area contributed by atoms with E-state index in [0.29, 0.717) is 24.1 Å². The Bertz CT molecular complexity index is 723. The molecule has 0 aromatic heterocycles. The lowest BCUT2D eigenvalue weighted by Crippen LogP contribution is -2.54. The quantitative estimate of drug-likeness (QED) is 0.621. The van der Waals surface area contributed by atoms with Gasteiger partial charge in [-0.15, -0.1) is 0 Å². The third-order valence-electron chi connectivity index (χ3n) is 4.72. The molecule has 2 atom stereocenters. The van der Waals surface area contributed by atoms with E-state index >= 15 is 0 Å². The van der Waals surface area contributed by atoms with Crippen molar-refractivity contribution in [3.05, 3.63) is 24.0 Å². The number of nitrogens with one attached hydrogen (secondary N) is 2. The fourth-order valence-electron chi connectivity index (χ4n) is 3.53. The van der Waals surface area contributed by atoms with Crippen molar-refractivity contribution in [2.45, 2.75) is 38.0 Å². The van der Waals surface area contributed by atoms with Crippen molar-refractivity contribution in [2.24, 2.45) is 21.5 Å². The zero-order chi connectivity index (χ0) is 18.7. The monoisotopic (exact) mass is 363 g/mol. The van der Waals surface area contributed by atoms with Gasteiger partial charge < -0.3 is 20.7 Å². The topological polar surface area (TPSA) is 113 Å². The smallest absolute Gasteiger partial charge is 0.211 e. The molecule has 0 radical (unpaired) electrons. The van der Waals surface area contributed by atoms with Crippen LogP contribution in [0.3, 0.4) is 0 Å². The van der Waals surface area contributed by atoms with Gasteiger partial charge in [0.05, 0.1) is 7.11 Å². The van der Waals surface area contributed by atoms with Crippen LogP contribution in [-0.2, 0) is 0 Å². The van der Waals surface area contributed by atoms with Crippen LogP contribution in [0.1, 0.15) is 26.2 Å². The van der Waals surface area contributed by atoms with Crippen molar-refractivity contribution < 1.29 is 9.13 Å². The minimum Gasteiger partial charge on any atom is -0.494 e. The van der Waals surface area contributed by atoms with E-state index in [1.54, 1.807) is 6.07 Å². The Kier molecular flexibility index (Phi) is 5.28. The SMILES string of the molecule is CCN1CCCC1CC1(N)N=C(N)NC(Nc2ccc(OC)c(F)c2)=N1. The number of methoxy groups -OCH3 is 1. The maximum Gasteiger partial charge on any atom is 0.211 e. The lowest BCUT2D eigenvalue weighted by molar-refractivity contribution is 0.217. The van der Waals surface area contributed by atoms with Crippen molar-refractivity contribution in [2.75, 3.05) is 25.5 Å². The van der Waals surface area contributed by atoms with Crippen LogP contribution in [0.4, 0.5) is 10.1 Å². The van der Waals surface area contributed by atoms with Gasteiger partial charge in [0.15, 0.2) is 17.5 Å². The van der Waals surface area contributed by atoms with Crippen LogP contribution >= 0.6 is 0 Å². The zero-order valence-corrected chi connectivity index (χ0v) is 15.1. The number of anilines is 1. The molecule has 142 valence electrons. The first-order chi connectivity index (χ1) is 12.4. The van der Waals surface area contributed by atoms with Gasteiger partial charge in [-0.1, -0.05) is 6.92 Å². The molecular formula is C17H26FN7O. The van der Waals surface area contributed by atoms with Crippen molar-refractivity contribution in [1.82, 2.24) is 10.2 Å². The molecule has 0 spiro atoms. The molecule has 1 fully saturated rings. The predicted octanol–water partition coefficient (Wildman–Crippen LogP) is 1.01. The number of likely N-dealkylation sites (tertiary alicyclic amines) is 1. The Labute approximate surface area is 152 Å². The van der Waals surface area contributed by atoms with Crippen molar-refractivity contribution in [1.29, 1.82) is 0 Å². The molecule has 8 nitrogen and oxygen atoms in total. The molecule has 1 aromatic carbocycles. The number of ether oxygens (including phenoxy) is 1. The zero-order valence-electron chi connectivity index (χ0n) is 15.1. The molecule has 0 saturated carbocycles. The van der Waals surface area contributed by atoms with Crippen molar-refractivity contribution in [3.8, 4) is 5.75 Å². The number of rotatable bonds is 5. The van der Waals surface area contributed by atoms with Crippen LogP contribution in [0.5, 0.6) is 5.75 Å². The maximum absolute atomic E-state index is 13.9. The van der Waals surface area contributed by atoms with Crippen LogP contribution in [0.25, 0.3) is 0 Å². The van der Waals surface area contributed by atoms with Gasteiger partial charge in [0.25, 0.3) is 0 Å². The summed E-state index contributed by atoms with van der Waals surface area (Å²) in [5.74, 6) is -0.931. The number of halogens is 1. The summed E-state index contributed by atoms with van der Waals surface area (Å²) in [7, 11) is 1.42. The Morgan fingerprint density at radius 1 is 1.46 bits per heavy atom. The summed E-state index contributed by atoms with van der Waals surface area (Å²) in [4.78, 5) is 11.2. The first kappa shape index (κ1) is 18.4. The fourth-order valence-corrected chi connectivity index (χ4v) is 3.53. The van der Waals surface area contributed by atoms with Gasteiger partial charge in [-0.05, 0) is 38.1 Å². The molecule has 3 rings (SSSR count). The van der Waals surface area contributed by atoms with Gasteiger partial charge >= 0.3 is 0 Å². The molecule has 26 heavy (non-hydrogen) atoms. The Balaban J connectivity index is 1.76. The van der Waals surface area contributed by atoms with E-state index in [4.69, 9.17) is 16.2 Å². The number of hydrogen-bond acceptors (Lipinski definition) is 8. The molecule has 9 heteroatoms. The van der Waals surface area contributed by atoms with Gasteiger partial charge in [-0.25, -0.2) is 14.4 Å². The van der Waals surface area contributed by atoms with E-state index in [1.165, 1.54) is 19.2 Å². The summed E-state index contributed by atoms with van der Waals surface area (Å²) in [5, 5.41) is 5.84. The third kappa shape index (κ3) is 4.05. The minimum absolute atomic E-state index is 0.171. The maximum atomic E-state index is 13.9. The van der Waals surface area contributed by atoms with Crippen LogP contribution < -0.4 is 26.8 Å². The third-order valence-corrected chi connectivity index (χ3v) is 4.72. The number of benzene rings is 1. The molecule has 0 bridgehead atoms. The molecule has 1 saturated heterocycles. The predicted molar refractivity (Wildman–Crippen MR) is 101 cm³/mol. The Hall–Kier alpha value is -2.39. The molecule has 1 aromatic rings. The van der Waals surface area contributed by atoms with E-state index in [1.807, 2.05) is 0 Å². The highest BCUT2D eigenvalue weighted by Gasteiger charge is 2.35. The molecule has 6 N–H and O–H groups in total. The second kappa shape index (κ2) is 7.46. The highest BCUT2D eigenvalue weighted by molar-refractivity contribution is 6.06. The van der Waals surface area contributed by atoms with E-state index < -0.39 is 11.6 Å². The van der Waals surface area contributed by atoms with Gasteiger partial charge in [0.2, 0.25) is 11.7 Å². The molecule has 2 aliphatic heterocycles. The highest BCUT2D eigenvalue weighted by atomic mass is 19.1. The second-order valence-electron chi connectivity index (χ2n) is 6.56. The first-order valence-electron chi connectivity index (χ1n) is 8.78. The molecular weight excluding hydrogens is 337 g/mol. The van der Waals surface area contributed by atoms with Gasteiger partial charge in [-0.3, -0.25) is 11.1 Å². The summed E-state index contributed by atoms with van der Waals surface area (Å²) in [6.45, 7) is 4.17. The normalized spacial score (nSPS) is 26.1. The highest BCUT2D eigenvalue weighted by Crippen LogP contribution is 2.27. The molecule has 2 aliphatic rings. The summed E-state index contributed by atoms with van der Waals surface area (Å²) >= 11 is 0. The van der Waals surface area contributed by atoms with Crippen LogP contribution in [0.2, 0.25) is 0 Å². The van der Waals surface area contributed by atoms with Gasteiger partial charge in [-0.2, -0.15) is 0 Å². The molecule has 0 amide bonds. The average Bonchev–Trinajstić information content (AvgIpc) is 3.00. The van der Waals surface area contributed by atoms with Gasteiger partial charge in [0.1, 0.15) is 0 Å². The second-order valence-corrected chi connectivity index (χ2v) is 6.56. The lowest BCUT2D eigenvalue weighted by Gasteiger charge is -2.32. The van der Waals surface area contributed by atoms with Gasteiger partial charge in [0, 0.05) is 24.2 Å². The van der Waals surface area contributed by atoms with Crippen LogP contribution in [-0.4, -0.2) is 48.8 Å². The Morgan fingerprint density at radius 3 is 2.96 bits per heavy atom. The summed E-state index contributed by atoms with van der Waals surface area (Å²) in [6.07, 6.45) is 2.79. The van der Waals surface area contributed by atoms with Crippen molar-refractivity contribution >= 4 is 17.6 Å². The van der Waals surface area contributed by atoms with Crippen LogP contribution in [0, 0.1) is 5.82 Å². The van der Waals surface area contributed by atoms with E-state index in [9.17, 15) is 4.39 Å². The van der Waals surface area contributed by atoms with Crippen molar-refractivity contribution in [3.63, 3.8) is 0 Å². The molecule has 0 aliphatic carbocycles. The van der Waals surface area contributed by atoms with E-state index in [0.717, 1.165) is 25.9 Å². The Morgan fingerprint density at radius 2 is 2.27 bits per heavy atom. The lowest BCUT2D eigenvalue weighted by atomic mass is 10.1. The summed E-state index contributed by atoms with van der Waals surface area (Å²) in [6, 6.07) is 4.86. The van der Waals surface area contributed by atoms with E-state index in [2.05, 4.69) is 32.4 Å². The van der Waals surface area contributed by atoms with Crippen LogP contribution in [0.15, 0.2) is 28.2 Å². The number of aliphatic imine (C=N–C) groups is 2.